The van der Waals surface area contributed by atoms with E-state index < -0.39 is 23.8 Å². The SMILES string of the molecule is CCOC(=O)C1=C(C)N=C(C)C(C(=O)OCC)C1c1c(Cl)cccc1Cl. The van der Waals surface area contributed by atoms with Gasteiger partial charge in [-0.25, -0.2) is 4.79 Å². The molecule has 0 fully saturated rings. The summed E-state index contributed by atoms with van der Waals surface area (Å²) in [6.45, 7) is 7.28. The summed E-state index contributed by atoms with van der Waals surface area (Å²) in [6, 6.07) is 5.05. The molecular weight excluding hydrogens is 377 g/mol. The molecule has 0 amide bonds. The number of carbonyl (C=O) groups excluding carboxylic acids is 2. The molecule has 0 radical (unpaired) electrons. The maximum absolute atomic E-state index is 12.7. The smallest absolute Gasteiger partial charge is 0.336 e. The Kier molecular flexibility index (Phi) is 6.84. The zero-order valence-corrected chi connectivity index (χ0v) is 16.6. The van der Waals surface area contributed by atoms with Gasteiger partial charge in [-0.2, -0.15) is 0 Å². The van der Waals surface area contributed by atoms with Crippen molar-refractivity contribution in [2.24, 2.45) is 10.9 Å². The molecule has 1 aromatic rings. The van der Waals surface area contributed by atoms with Crippen LogP contribution in [0.4, 0.5) is 0 Å². The Morgan fingerprint density at radius 3 is 2.19 bits per heavy atom. The van der Waals surface area contributed by atoms with Crippen molar-refractivity contribution in [3.8, 4) is 0 Å². The van der Waals surface area contributed by atoms with Crippen LogP contribution in [0, 0.1) is 5.92 Å². The number of allylic oxidation sites excluding steroid dienone is 1. The van der Waals surface area contributed by atoms with Crippen molar-refractivity contribution in [3.63, 3.8) is 0 Å². The lowest BCUT2D eigenvalue weighted by Crippen LogP contribution is -2.36. The number of aliphatic imine (C=N–C) groups is 1. The van der Waals surface area contributed by atoms with Gasteiger partial charge < -0.3 is 9.47 Å². The molecule has 0 saturated carbocycles. The third-order valence-electron chi connectivity index (χ3n) is 4.17. The predicted octanol–water partition coefficient (Wildman–Crippen LogP) is 4.57. The third kappa shape index (κ3) is 3.94. The van der Waals surface area contributed by atoms with E-state index in [1.54, 1.807) is 45.9 Å². The second kappa shape index (κ2) is 8.69. The van der Waals surface area contributed by atoms with Crippen molar-refractivity contribution in [1.82, 2.24) is 0 Å². The highest BCUT2D eigenvalue weighted by Gasteiger charge is 2.43. The lowest BCUT2D eigenvalue weighted by molar-refractivity contribution is -0.146. The van der Waals surface area contributed by atoms with Crippen molar-refractivity contribution in [3.05, 3.63) is 45.1 Å². The Hall–Kier alpha value is -1.85. The van der Waals surface area contributed by atoms with Crippen LogP contribution < -0.4 is 0 Å². The Bertz CT molecular complexity index is 765. The van der Waals surface area contributed by atoms with E-state index in [1.165, 1.54) is 0 Å². The van der Waals surface area contributed by atoms with Crippen LogP contribution in [-0.2, 0) is 19.1 Å². The molecule has 0 saturated heterocycles. The maximum atomic E-state index is 12.7. The van der Waals surface area contributed by atoms with E-state index in [9.17, 15) is 9.59 Å². The molecule has 0 spiro atoms. The highest BCUT2D eigenvalue weighted by Crippen LogP contribution is 2.45. The molecule has 1 aromatic carbocycles. The van der Waals surface area contributed by atoms with Gasteiger partial charge in [0, 0.05) is 27.4 Å². The van der Waals surface area contributed by atoms with Gasteiger partial charge in [0.05, 0.1) is 18.8 Å². The van der Waals surface area contributed by atoms with Gasteiger partial charge in [-0.15, -0.1) is 0 Å². The zero-order valence-electron chi connectivity index (χ0n) is 15.1. The molecule has 1 heterocycles. The van der Waals surface area contributed by atoms with Gasteiger partial charge in [0.25, 0.3) is 0 Å². The molecule has 5 nitrogen and oxygen atoms in total. The van der Waals surface area contributed by atoms with Crippen molar-refractivity contribution in [2.45, 2.75) is 33.6 Å². The van der Waals surface area contributed by atoms with Gasteiger partial charge in [0.15, 0.2) is 0 Å². The van der Waals surface area contributed by atoms with E-state index in [1.807, 2.05) is 0 Å². The minimum atomic E-state index is -0.810. The van der Waals surface area contributed by atoms with Crippen molar-refractivity contribution in [2.75, 3.05) is 13.2 Å². The minimum absolute atomic E-state index is 0.200. The quantitative estimate of drug-likeness (QED) is 0.682. The van der Waals surface area contributed by atoms with E-state index in [0.29, 0.717) is 27.0 Å². The van der Waals surface area contributed by atoms with E-state index in [-0.39, 0.29) is 18.8 Å². The maximum Gasteiger partial charge on any atom is 0.336 e. The molecule has 2 rings (SSSR count). The summed E-state index contributed by atoms with van der Waals surface area (Å²) in [6.07, 6.45) is 0. The summed E-state index contributed by atoms with van der Waals surface area (Å²) in [4.78, 5) is 29.7. The van der Waals surface area contributed by atoms with Crippen LogP contribution in [-0.4, -0.2) is 30.9 Å². The number of esters is 2. The number of halogens is 2. The van der Waals surface area contributed by atoms with Crippen LogP contribution in [0.3, 0.4) is 0 Å². The molecule has 0 aromatic heterocycles. The van der Waals surface area contributed by atoms with Gasteiger partial charge in [-0.1, -0.05) is 29.3 Å². The molecule has 2 unspecified atom stereocenters. The van der Waals surface area contributed by atoms with Crippen molar-refractivity contribution >= 4 is 40.9 Å². The Morgan fingerprint density at radius 1 is 1.08 bits per heavy atom. The minimum Gasteiger partial charge on any atom is -0.465 e. The van der Waals surface area contributed by atoms with Crippen LogP contribution >= 0.6 is 23.2 Å². The summed E-state index contributed by atoms with van der Waals surface area (Å²) >= 11 is 12.8. The first-order chi connectivity index (χ1) is 12.3. The van der Waals surface area contributed by atoms with Gasteiger partial charge in [-0.05, 0) is 45.4 Å². The molecule has 26 heavy (non-hydrogen) atoms. The molecule has 0 bridgehead atoms. The fourth-order valence-corrected chi connectivity index (χ4v) is 3.80. The van der Waals surface area contributed by atoms with Crippen LogP contribution in [0.25, 0.3) is 0 Å². The lowest BCUT2D eigenvalue weighted by atomic mass is 9.75. The molecule has 2 atom stereocenters. The molecule has 0 N–H and O–H groups in total. The number of hydrogen-bond acceptors (Lipinski definition) is 5. The standard InChI is InChI=1S/C19H21Cl2NO4/c1-5-25-18(23)14-10(3)22-11(4)15(19(24)26-6-2)17(14)16-12(20)8-7-9-13(16)21/h7-9,14,17H,5-6H2,1-4H3. The van der Waals surface area contributed by atoms with Crippen LogP contribution in [0.5, 0.6) is 0 Å². The van der Waals surface area contributed by atoms with Crippen LogP contribution in [0.2, 0.25) is 10.0 Å². The van der Waals surface area contributed by atoms with E-state index in [4.69, 9.17) is 32.7 Å². The van der Waals surface area contributed by atoms with Gasteiger partial charge in [-0.3, -0.25) is 9.79 Å². The fraction of sp³-hybridized carbons (Fsp3) is 0.421. The Balaban J connectivity index is 2.72. The summed E-state index contributed by atoms with van der Waals surface area (Å²) < 4.78 is 10.4. The van der Waals surface area contributed by atoms with E-state index in [2.05, 4.69) is 4.99 Å². The lowest BCUT2D eigenvalue weighted by Gasteiger charge is -2.32. The second-order valence-electron chi connectivity index (χ2n) is 5.82. The topological polar surface area (TPSA) is 65.0 Å². The fourth-order valence-electron chi connectivity index (χ4n) is 3.17. The average Bonchev–Trinajstić information content (AvgIpc) is 2.54. The van der Waals surface area contributed by atoms with Gasteiger partial charge >= 0.3 is 11.9 Å². The third-order valence-corrected chi connectivity index (χ3v) is 4.83. The first-order valence-corrected chi connectivity index (χ1v) is 9.12. The summed E-state index contributed by atoms with van der Waals surface area (Å²) in [5, 5.41) is 0.724. The number of carbonyl (C=O) groups is 2. The van der Waals surface area contributed by atoms with Crippen molar-refractivity contribution in [1.29, 1.82) is 0 Å². The van der Waals surface area contributed by atoms with E-state index in [0.717, 1.165) is 0 Å². The predicted molar refractivity (Wildman–Crippen MR) is 102 cm³/mol. The van der Waals surface area contributed by atoms with Gasteiger partial charge in [0.2, 0.25) is 0 Å². The van der Waals surface area contributed by atoms with Crippen LogP contribution in [0.1, 0.15) is 39.2 Å². The van der Waals surface area contributed by atoms with Gasteiger partial charge in [0.1, 0.15) is 5.92 Å². The normalized spacial score (nSPS) is 19.8. The number of nitrogens with zero attached hydrogens (tertiary/aromatic N) is 1. The number of ether oxygens (including phenoxy) is 2. The number of hydrogen-bond donors (Lipinski definition) is 0. The molecule has 1 aliphatic heterocycles. The van der Waals surface area contributed by atoms with Crippen molar-refractivity contribution < 1.29 is 19.1 Å². The monoisotopic (exact) mass is 397 g/mol. The molecular formula is C19H21Cl2NO4. The Labute approximate surface area is 163 Å². The molecule has 140 valence electrons. The molecule has 1 aliphatic rings. The number of benzene rings is 1. The highest BCUT2D eigenvalue weighted by atomic mass is 35.5. The number of rotatable bonds is 5. The van der Waals surface area contributed by atoms with E-state index >= 15 is 0 Å². The first kappa shape index (κ1) is 20.5. The largest absolute Gasteiger partial charge is 0.465 e. The average molecular weight is 398 g/mol. The molecule has 7 heteroatoms. The van der Waals surface area contributed by atoms with Crippen LogP contribution in [0.15, 0.2) is 34.5 Å². The Morgan fingerprint density at radius 2 is 1.65 bits per heavy atom. The summed E-state index contributed by atoms with van der Waals surface area (Å²) in [5.74, 6) is -2.57. The zero-order chi connectivity index (χ0) is 19.4. The second-order valence-corrected chi connectivity index (χ2v) is 6.63. The summed E-state index contributed by atoms with van der Waals surface area (Å²) in [5.41, 5.74) is 1.77. The first-order valence-electron chi connectivity index (χ1n) is 8.37. The highest BCUT2D eigenvalue weighted by molar-refractivity contribution is 6.36. The molecule has 0 aliphatic carbocycles. The summed E-state index contributed by atoms with van der Waals surface area (Å²) in [7, 11) is 0.